The second-order valence-electron chi connectivity index (χ2n) is 3.49. The second kappa shape index (κ2) is 5.18. The Morgan fingerprint density at radius 1 is 1.11 bits per heavy atom. The fourth-order valence-corrected chi connectivity index (χ4v) is 1.42. The van der Waals surface area contributed by atoms with E-state index in [0.29, 0.717) is 11.5 Å². The third-order valence-corrected chi connectivity index (χ3v) is 2.25. The Morgan fingerprint density at radius 2 is 1.83 bits per heavy atom. The van der Waals surface area contributed by atoms with E-state index in [-0.39, 0.29) is 11.5 Å². The molecule has 0 radical (unpaired) electrons. The van der Waals surface area contributed by atoms with E-state index in [2.05, 4.69) is 4.98 Å². The minimum atomic E-state index is -0.577. The number of ether oxygens (including phenoxy) is 2. The Balaban J connectivity index is 2.21. The largest absolute Gasteiger partial charge is 0.493 e. The first-order chi connectivity index (χ1) is 8.70. The fraction of sp³-hybridized carbons (Fsp3) is 0.0769. The molecule has 2 rings (SSSR count). The van der Waals surface area contributed by atoms with Crippen molar-refractivity contribution in [1.82, 2.24) is 4.98 Å². The molecule has 92 valence electrons. The van der Waals surface area contributed by atoms with Gasteiger partial charge in [0.1, 0.15) is 5.82 Å². The van der Waals surface area contributed by atoms with Crippen LogP contribution in [0, 0.1) is 0 Å². The molecule has 0 saturated carbocycles. The van der Waals surface area contributed by atoms with E-state index in [1.165, 1.54) is 13.2 Å². The zero-order valence-electron chi connectivity index (χ0n) is 9.79. The molecule has 0 aliphatic carbocycles. The summed E-state index contributed by atoms with van der Waals surface area (Å²) in [6, 6.07) is 11.7. The van der Waals surface area contributed by atoms with Crippen LogP contribution in [0.15, 0.2) is 42.5 Å². The van der Waals surface area contributed by atoms with Gasteiger partial charge in [0.05, 0.1) is 7.11 Å². The van der Waals surface area contributed by atoms with Crippen molar-refractivity contribution in [2.75, 3.05) is 12.8 Å². The average Bonchev–Trinajstić information content (AvgIpc) is 2.39. The molecule has 0 saturated heterocycles. The normalized spacial score (nSPS) is 9.83. The van der Waals surface area contributed by atoms with Crippen molar-refractivity contribution in [3.8, 4) is 11.5 Å². The first-order valence-corrected chi connectivity index (χ1v) is 5.28. The smallest absolute Gasteiger partial charge is 0.362 e. The Morgan fingerprint density at radius 3 is 2.50 bits per heavy atom. The number of carbonyl (C=O) groups is 1. The van der Waals surface area contributed by atoms with Crippen molar-refractivity contribution in [2.24, 2.45) is 0 Å². The highest BCUT2D eigenvalue weighted by atomic mass is 16.6. The number of benzene rings is 1. The maximum Gasteiger partial charge on any atom is 0.362 e. The average molecular weight is 244 g/mol. The van der Waals surface area contributed by atoms with Crippen LogP contribution < -0.4 is 15.2 Å². The van der Waals surface area contributed by atoms with Gasteiger partial charge in [-0.25, -0.2) is 9.78 Å². The van der Waals surface area contributed by atoms with Gasteiger partial charge in [0.15, 0.2) is 17.2 Å². The van der Waals surface area contributed by atoms with Crippen molar-refractivity contribution in [3.63, 3.8) is 0 Å². The van der Waals surface area contributed by atoms with Gasteiger partial charge in [-0.1, -0.05) is 18.2 Å². The molecule has 0 atom stereocenters. The summed E-state index contributed by atoms with van der Waals surface area (Å²) >= 11 is 0. The van der Waals surface area contributed by atoms with E-state index in [1.807, 2.05) is 0 Å². The number of carbonyl (C=O) groups excluding carboxylic acids is 1. The lowest BCUT2D eigenvalue weighted by atomic mass is 10.3. The molecule has 0 bridgehead atoms. The van der Waals surface area contributed by atoms with E-state index >= 15 is 0 Å². The molecule has 18 heavy (non-hydrogen) atoms. The van der Waals surface area contributed by atoms with E-state index < -0.39 is 5.97 Å². The summed E-state index contributed by atoms with van der Waals surface area (Å²) in [6.07, 6.45) is 0. The molecular weight excluding hydrogens is 232 g/mol. The van der Waals surface area contributed by atoms with Gasteiger partial charge in [-0.15, -0.1) is 0 Å². The predicted octanol–water partition coefficient (Wildman–Crippen LogP) is 1.89. The number of methoxy groups -OCH3 is 1. The monoisotopic (exact) mass is 244 g/mol. The standard InChI is InChI=1S/C13H12N2O3/c1-17-10-6-2-3-7-11(10)18-13(16)9-5-4-8-12(14)15-9/h2-8H,1H3,(H2,14,15). The predicted molar refractivity (Wildman–Crippen MR) is 66.6 cm³/mol. The van der Waals surface area contributed by atoms with Crippen molar-refractivity contribution in [3.05, 3.63) is 48.2 Å². The highest BCUT2D eigenvalue weighted by molar-refractivity contribution is 5.89. The van der Waals surface area contributed by atoms with Crippen LogP contribution in [0.4, 0.5) is 5.82 Å². The lowest BCUT2D eigenvalue weighted by Crippen LogP contribution is -2.11. The van der Waals surface area contributed by atoms with Gasteiger partial charge >= 0.3 is 5.97 Å². The summed E-state index contributed by atoms with van der Waals surface area (Å²) in [5, 5.41) is 0. The topological polar surface area (TPSA) is 74.4 Å². The van der Waals surface area contributed by atoms with Crippen LogP contribution in [-0.4, -0.2) is 18.1 Å². The van der Waals surface area contributed by atoms with E-state index in [9.17, 15) is 4.79 Å². The molecule has 2 N–H and O–H groups in total. The Kier molecular flexibility index (Phi) is 3.43. The zero-order valence-corrected chi connectivity index (χ0v) is 9.79. The SMILES string of the molecule is COc1ccccc1OC(=O)c1cccc(N)n1. The number of esters is 1. The quantitative estimate of drug-likeness (QED) is 0.659. The van der Waals surface area contributed by atoms with Crippen LogP contribution in [0.1, 0.15) is 10.5 Å². The van der Waals surface area contributed by atoms with Gasteiger partial charge in [0, 0.05) is 0 Å². The number of hydrogen-bond acceptors (Lipinski definition) is 5. The lowest BCUT2D eigenvalue weighted by molar-refractivity contribution is 0.0723. The molecule has 0 unspecified atom stereocenters. The fourth-order valence-electron chi connectivity index (χ4n) is 1.42. The summed E-state index contributed by atoms with van der Waals surface area (Å²) in [5.74, 6) is 0.514. The van der Waals surface area contributed by atoms with Crippen molar-refractivity contribution >= 4 is 11.8 Å². The number of nitrogens with zero attached hydrogens (tertiary/aromatic N) is 1. The molecule has 5 heteroatoms. The van der Waals surface area contributed by atoms with Crippen LogP contribution >= 0.6 is 0 Å². The van der Waals surface area contributed by atoms with E-state index in [1.54, 1.807) is 36.4 Å². The molecule has 1 heterocycles. The van der Waals surface area contributed by atoms with E-state index in [0.717, 1.165) is 0 Å². The van der Waals surface area contributed by atoms with Gasteiger partial charge in [0.2, 0.25) is 0 Å². The summed E-state index contributed by atoms with van der Waals surface area (Å²) in [7, 11) is 1.51. The minimum Gasteiger partial charge on any atom is -0.493 e. The van der Waals surface area contributed by atoms with Crippen molar-refractivity contribution < 1.29 is 14.3 Å². The van der Waals surface area contributed by atoms with Gasteiger partial charge in [-0.05, 0) is 24.3 Å². The molecule has 0 fully saturated rings. The second-order valence-corrected chi connectivity index (χ2v) is 3.49. The molecule has 0 spiro atoms. The summed E-state index contributed by atoms with van der Waals surface area (Å²) < 4.78 is 10.3. The van der Waals surface area contributed by atoms with Gasteiger partial charge in [-0.2, -0.15) is 0 Å². The van der Waals surface area contributed by atoms with Crippen LogP contribution in [0.25, 0.3) is 0 Å². The van der Waals surface area contributed by atoms with Crippen LogP contribution in [0.3, 0.4) is 0 Å². The minimum absolute atomic E-state index is 0.154. The highest BCUT2D eigenvalue weighted by Crippen LogP contribution is 2.26. The Bertz CT molecular complexity index is 570. The van der Waals surface area contributed by atoms with Crippen LogP contribution in [0.5, 0.6) is 11.5 Å². The molecule has 0 aliphatic rings. The van der Waals surface area contributed by atoms with Gasteiger partial charge < -0.3 is 15.2 Å². The lowest BCUT2D eigenvalue weighted by Gasteiger charge is -2.08. The molecule has 0 aliphatic heterocycles. The number of nitrogen functional groups attached to an aromatic ring is 1. The number of para-hydroxylation sites is 2. The Labute approximate surface area is 104 Å². The number of aromatic nitrogens is 1. The third-order valence-electron chi connectivity index (χ3n) is 2.25. The molecule has 1 aromatic carbocycles. The van der Waals surface area contributed by atoms with Crippen molar-refractivity contribution in [2.45, 2.75) is 0 Å². The van der Waals surface area contributed by atoms with Gasteiger partial charge in [0.25, 0.3) is 0 Å². The maximum atomic E-state index is 11.8. The molecular formula is C13H12N2O3. The van der Waals surface area contributed by atoms with E-state index in [4.69, 9.17) is 15.2 Å². The first kappa shape index (κ1) is 11.9. The molecule has 5 nitrogen and oxygen atoms in total. The third kappa shape index (κ3) is 2.57. The highest BCUT2D eigenvalue weighted by Gasteiger charge is 2.13. The summed E-state index contributed by atoms with van der Waals surface area (Å²) in [4.78, 5) is 15.7. The molecule has 2 aromatic rings. The van der Waals surface area contributed by atoms with Crippen LogP contribution in [0.2, 0.25) is 0 Å². The molecule has 0 amide bonds. The number of rotatable bonds is 3. The number of anilines is 1. The van der Waals surface area contributed by atoms with Crippen molar-refractivity contribution in [1.29, 1.82) is 0 Å². The zero-order chi connectivity index (χ0) is 13.0. The Hall–Kier alpha value is -2.56. The summed E-state index contributed by atoms with van der Waals surface area (Å²) in [6.45, 7) is 0. The molecule has 1 aromatic heterocycles. The number of pyridine rings is 1. The maximum absolute atomic E-state index is 11.8. The first-order valence-electron chi connectivity index (χ1n) is 5.28. The van der Waals surface area contributed by atoms with Crippen LogP contribution in [-0.2, 0) is 0 Å². The van der Waals surface area contributed by atoms with Gasteiger partial charge in [-0.3, -0.25) is 0 Å². The number of hydrogen-bond donors (Lipinski definition) is 1. The summed E-state index contributed by atoms with van der Waals surface area (Å²) in [5.41, 5.74) is 5.66. The number of nitrogens with two attached hydrogens (primary N) is 1.